The Morgan fingerprint density at radius 3 is 2.47 bits per heavy atom. The molecule has 1 N–H and O–H groups in total. The van der Waals surface area contributed by atoms with Crippen LogP contribution in [0.2, 0.25) is 0 Å². The Morgan fingerprint density at radius 1 is 1.35 bits per heavy atom. The van der Waals surface area contributed by atoms with Crippen LogP contribution in [0.25, 0.3) is 0 Å². The van der Waals surface area contributed by atoms with E-state index in [4.69, 9.17) is 0 Å². The molecular formula is C14H17FO2. The smallest absolute Gasteiger partial charge is 0.314 e. The van der Waals surface area contributed by atoms with Crippen molar-refractivity contribution in [3.63, 3.8) is 0 Å². The summed E-state index contributed by atoms with van der Waals surface area (Å²) in [5.41, 5.74) is -0.739. The average molecular weight is 236 g/mol. The molecule has 0 radical (unpaired) electrons. The second kappa shape index (κ2) is 3.83. The van der Waals surface area contributed by atoms with Crippen molar-refractivity contribution >= 4 is 5.97 Å². The van der Waals surface area contributed by atoms with Crippen LogP contribution >= 0.6 is 0 Å². The highest BCUT2D eigenvalue weighted by Gasteiger charge is 2.52. The minimum atomic E-state index is -1.37. The maximum atomic E-state index is 14.0. The van der Waals surface area contributed by atoms with E-state index in [-0.39, 0.29) is 6.42 Å². The number of carbonyl (C=O) groups is 1. The lowest BCUT2D eigenvalue weighted by atomic mass is 9.76. The van der Waals surface area contributed by atoms with Crippen molar-refractivity contribution in [1.29, 1.82) is 0 Å². The summed E-state index contributed by atoms with van der Waals surface area (Å²) in [6, 6.07) is 7.39. The predicted octanol–water partition coefficient (Wildman–Crippen LogP) is 3.23. The van der Waals surface area contributed by atoms with Crippen molar-refractivity contribution < 1.29 is 14.3 Å². The summed E-state index contributed by atoms with van der Waals surface area (Å²) in [4.78, 5) is 11.6. The maximum Gasteiger partial charge on any atom is 0.314 e. The summed E-state index contributed by atoms with van der Waals surface area (Å²) >= 11 is 0. The summed E-state index contributed by atoms with van der Waals surface area (Å²) in [7, 11) is 0. The quantitative estimate of drug-likeness (QED) is 0.856. The van der Waals surface area contributed by atoms with E-state index in [0.717, 1.165) is 11.1 Å². The van der Waals surface area contributed by atoms with E-state index in [0.29, 0.717) is 12.8 Å². The third-order valence-electron chi connectivity index (χ3n) is 3.81. The molecule has 1 aliphatic rings. The van der Waals surface area contributed by atoms with E-state index in [9.17, 15) is 14.3 Å². The predicted molar refractivity (Wildman–Crippen MR) is 63.9 cm³/mol. The van der Waals surface area contributed by atoms with Crippen molar-refractivity contribution in [3.8, 4) is 0 Å². The molecule has 1 aromatic rings. The van der Waals surface area contributed by atoms with Crippen LogP contribution < -0.4 is 0 Å². The van der Waals surface area contributed by atoms with Crippen molar-refractivity contribution in [3.05, 3.63) is 35.4 Å². The highest BCUT2D eigenvalue weighted by molar-refractivity contribution is 5.82. The van der Waals surface area contributed by atoms with Gasteiger partial charge in [0.1, 0.15) is 5.67 Å². The Labute approximate surface area is 100 Å². The molecule has 3 heteroatoms. The van der Waals surface area contributed by atoms with E-state index in [1.54, 1.807) is 0 Å². The fourth-order valence-corrected chi connectivity index (χ4v) is 2.92. The summed E-state index contributed by atoms with van der Waals surface area (Å²) in [5.74, 6) is -0.909. The number of rotatable bonds is 2. The van der Waals surface area contributed by atoms with Gasteiger partial charge in [-0.15, -0.1) is 0 Å². The van der Waals surface area contributed by atoms with E-state index in [1.165, 1.54) is 6.92 Å². The first-order valence-corrected chi connectivity index (χ1v) is 5.86. The van der Waals surface area contributed by atoms with Gasteiger partial charge in [0.05, 0.1) is 5.41 Å². The Kier molecular flexibility index (Phi) is 2.72. The normalized spacial score (nSPS) is 32.6. The van der Waals surface area contributed by atoms with Gasteiger partial charge in [0, 0.05) is 6.42 Å². The Bertz CT molecular complexity index is 453. The monoisotopic (exact) mass is 236 g/mol. The van der Waals surface area contributed by atoms with E-state index in [2.05, 4.69) is 0 Å². The van der Waals surface area contributed by atoms with Gasteiger partial charge in [0.15, 0.2) is 0 Å². The number of hydrogen-bond donors (Lipinski definition) is 1. The molecular weight excluding hydrogens is 219 g/mol. The molecule has 2 atom stereocenters. The zero-order chi connectivity index (χ0) is 12.7. The number of halogens is 1. The van der Waals surface area contributed by atoms with Crippen LogP contribution in [-0.2, 0) is 10.2 Å². The van der Waals surface area contributed by atoms with Gasteiger partial charge in [0.2, 0.25) is 0 Å². The SMILES string of the molecule is Cc1ccccc1C1(C(=O)O)CCC(C)(F)C1. The second-order valence-electron chi connectivity index (χ2n) is 5.29. The van der Waals surface area contributed by atoms with Gasteiger partial charge < -0.3 is 5.11 Å². The molecule has 2 unspecified atom stereocenters. The van der Waals surface area contributed by atoms with Crippen LogP contribution in [0.5, 0.6) is 0 Å². The van der Waals surface area contributed by atoms with Gasteiger partial charge in [0.25, 0.3) is 0 Å². The van der Waals surface area contributed by atoms with Gasteiger partial charge >= 0.3 is 5.97 Å². The molecule has 17 heavy (non-hydrogen) atoms. The topological polar surface area (TPSA) is 37.3 Å². The molecule has 1 fully saturated rings. The molecule has 0 amide bonds. The van der Waals surface area contributed by atoms with Gasteiger partial charge in [-0.25, -0.2) is 4.39 Å². The number of benzene rings is 1. The molecule has 0 saturated heterocycles. The van der Waals surface area contributed by atoms with Crippen molar-refractivity contribution in [2.75, 3.05) is 0 Å². The lowest BCUT2D eigenvalue weighted by Gasteiger charge is -2.27. The molecule has 2 rings (SSSR count). The van der Waals surface area contributed by atoms with E-state index in [1.807, 2.05) is 31.2 Å². The molecule has 0 aliphatic heterocycles. The largest absolute Gasteiger partial charge is 0.481 e. The lowest BCUT2D eigenvalue weighted by Crippen LogP contribution is -2.35. The third-order valence-corrected chi connectivity index (χ3v) is 3.81. The summed E-state index contributed by atoms with van der Waals surface area (Å²) in [6.07, 6.45) is 0.758. The van der Waals surface area contributed by atoms with Crippen molar-refractivity contribution in [2.45, 2.75) is 44.2 Å². The molecule has 92 valence electrons. The van der Waals surface area contributed by atoms with Crippen molar-refractivity contribution in [2.24, 2.45) is 0 Å². The van der Waals surface area contributed by atoms with Crippen LogP contribution in [0.3, 0.4) is 0 Å². The summed E-state index contributed by atoms with van der Waals surface area (Å²) in [6.45, 7) is 3.38. The first-order valence-electron chi connectivity index (χ1n) is 5.86. The molecule has 0 spiro atoms. The number of carboxylic acids is 1. The Hall–Kier alpha value is -1.38. The number of aryl methyl sites for hydroxylation is 1. The standard InChI is InChI=1S/C14H17FO2/c1-10-5-3-4-6-11(10)14(12(16)17)8-7-13(2,15)9-14/h3-6H,7-9H2,1-2H3,(H,16,17). The molecule has 1 saturated carbocycles. The van der Waals surface area contributed by atoms with Gasteiger partial charge in [-0.1, -0.05) is 24.3 Å². The fourth-order valence-electron chi connectivity index (χ4n) is 2.92. The van der Waals surface area contributed by atoms with Crippen LogP contribution in [0.4, 0.5) is 4.39 Å². The van der Waals surface area contributed by atoms with Crippen LogP contribution in [-0.4, -0.2) is 16.7 Å². The van der Waals surface area contributed by atoms with Crippen molar-refractivity contribution in [1.82, 2.24) is 0 Å². The lowest BCUT2D eigenvalue weighted by molar-refractivity contribution is -0.144. The minimum Gasteiger partial charge on any atom is -0.481 e. The summed E-state index contributed by atoms with van der Waals surface area (Å²) in [5, 5.41) is 9.51. The second-order valence-corrected chi connectivity index (χ2v) is 5.29. The molecule has 2 nitrogen and oxygen atoms in total. The maximum absolute atomic E-state index is 14.0. The van der Waals surface area contributed by atoms with E-state index >= 15 is 0 Å². The van der Waals surface area contributed by atoms with Gasteiger partial charge in [-0.2, -0.15) is 0 Å². The number of alkyl halides is 1. The molecule has 0 heterocycles. The van der Waals surface area contributed by atoms with Gasteiger partial charge in [-0.3, -0.25) is 4.79 Å². The van der Waals surface area contributed by atoms with Crippen LogP contribution in [0, 0.1) is 6.92 Å². The molecule has 0 bridgehead atoms. The number of hydrogen-bond acceptors (Lipinski definition) is 1. The Balaban J connectivity index is 2.51. The van der Waals surface area contributed by atoms with Gasteiger partial charge in [-0.05, 0) is 37.8 Å². The average Bonchev–Trinajstić information content (AvgIpc) is 2.56. The highest BCUT2D eigenvalue weighted by atomic mass is 19.1. The number of carboxylic acid groups (broad SMARTS) is 1. The first kappa shape index (κ1) is 12.1. The zero-order valence-electron chi connectivity index (χ0n) is 10.2. The number of aliphatic carboxylic acids is 1. The molecule has 1 aromatic carbocycles. The molecule has 0 aromatic heterocycles. The third kappa shape index (κ3) is 1.94. The zero-order valence-corrected chi connectivity index (χ0v) is 10.2. The highest BCUT2D eigenvalue weighted by Crippen LogP contribution is 2.49. The van der Waals surface area contributed by atoms with E-state index < -0.39 is 17.1 Å². The molecule has 1 aliphatic carbocycles. The first-order chi connectivity index (χ1) is 7.87. The van der Waals surface area contributed by atoms with Crippen LogP contribution in [0.15, 0.2) is 24.3 Å². The fraction of sp³-hybridized carbons (Fsp3) is 0.500. The summed E-state index contributed by atoms with van der Waals surface area (Å²) < 4.78 is 14.0. The van der Waals surface area contributed by atoms with Crippen LogP contribution in [0.1, 0.15) is 37.3 Å². The minimum absolute atomic E-state index is 0.0696. The Morgan fingerprint density at radius 2 is 2.00 bits per heavy atom.